The van der Waals surface area contributed by atoms with Crippen molar-refractivity contribution in [3.8, 4) is 0 Å². The zero-order valence-corrected chi connectivity index (χ0v) is 19.8. The Bertz CT molecular complexity index is 867. The molecule has 3 nitrogen and oxygen atoms in total. The summed E-state index contributed by atoms with van der Waals surface area (Å²) in [6.07, 6.45) is 5.34. The number of aliphatic hydroxyl groups excluding tert-OH is 1. The van der Waals surface area contributed by atoms with Gasteiger partial charge >= 0.3 is 0 Å². The van der Waals surface area contributed by atoms with Gasteiger partial charge in [-0.2, -0.15) is 0 Å². The Balaban J connectivity index is 1.74. The summed E-state index contributed by atoms with van der Waals surface area (Å²) in [7, 11) is 1.74. The van der Waals surface area contributed by atoms with Gasteiger partial charge in [-0.25, -0.2) is 8.78 Å². The van der Waals surface area contributed by atoms with Crippen LogP contribution in [0.25, 0.3) is 0 Å². The molecule has 0 amide bonds. The van der Waals surface area contributed by atoms with Crippen molar-refractivity contribution in [3.63, 3.8) is 0 Å². The highest BCUT2D eigenvalue weighted by atomic mass is 19.1. The van der Waals surface area contributed by atoms with E-state index in [0.717, 1.165) is 31.7 Å². The monoisotopic (exact) mass is 444 g/mol. The zero-order valence-electron chi connectivity index (χ0n) is 19.8. The minimum atomic E-state index is -0.650. The molecule has 1 saturated carbocycles. The van der Waals surface area contributed by atoms with Crippen LogP contribution in [0.2, 0.25) is 0 Å². The standard InChI is InChI=1S/C27H38F2N2O/c1-26(2,3)20-9-8-10-21(15-20)27(11-6-5-7-12-27)31-18-24(32)17-25(30-4)19-13-22(28)16-23(29)14-19/h8-10,13-16,24-25,30-32H,5-7,11-12,17-18H2,1-4H3. The lowest BCUT2D eigenvalue weighted by Gasteiger charge is -2.40. The average molecular weight is 445 g/mol. The predicted octanol–water partition coefficient (Wildman–Crippen LogP) is 5.72. The highest BCUT2D eigenvalue weighted by Crippen LogP contribution is 2.38. The molecule has 2 unspecified atom stereocenters. The Morgan fingerprint density at radius 2 is 1.66 bits per heavy atom. The van der Waals surface area contributed by atoms with E-state index in [0.29, 0.717) is 18.5 Å². The van der Waals surface area contributed by atoms with Gasteiger partial charge in [-0.05, 0) is 60.5 Å². The molecule has 5 heteroatoms. The molecule has 0 saturated heterocycles. The lowest BCUT2D eigenvalue weighted by Crippen LogP contribution is -2.47. The van der Waals surface area contributed by atoms with E-state index in [1.54, 1.807) is 7.05 Å². The Kier molecular flexibility index (Phi) is 8.07. The minimum absolute atomic E-state index is 0.0750. The molecule has 0 aromatic heterocycles. The van der Waals surface area contributed by atoms with Crippen LogP contribution in [-0.2, 0) is 11.0 Å². The van der Waals surface area contributed by atoms with Crippen molar-refractivity contribution in [1.29, 1.82) is 0 Å². The van der Waals surface area contributed by atoms with E-state index >= 15 is 0 Å². The maximum atomic E-state index is 13.7. The summed E-state index contributed by atoms with van der Waals surface area (Å²) in [5.41, 5.74) is 3.03. The molecule has 3 N–H and O–H groups in total. The van der Waals surface area contributed by atoms with Crippen molar-refractivity contribution >= 4 is 0 Å². The van der Waals surface area contributed by atoms with E-state index in [-0.39, 0.29) is 17.0 Å². The topological polar surface area (TPSA) is 44.3 Å². The molecule has 2 aromatic carbocycles. The van der Waals surface area contributed by atoms with Crippen LogP contribution >= 0.6 is 0 Å². The minimum Gasteiger partial charge on any atom is -0.392 e. The predicted molar refractivity (Wildman–Crippen MR) is 127 cm³/mol. The van der Waals surface area contributed by atoms with Gasteiger partial charge < -0.3 is 15.7 Å². The Hall–Kier alpha value is -1.82. The van der Waals surface area contributed by atoms with Crippen LogP contribution in [0.15, 0.2) is 42.5 Å². The summed E-state index contributed by atoms with van der Waals surface area (Å²) in [4.78, 5) is 0. The lowest BCUT2D eigenvalue weighted by atomic mass is 9.74. The van der Waals surface area contributed by atoms with Crippen LogP contribution in [0.5, 0.6) is 0 Å². The number of benzene rings is 2. The molecule has 0 bridgehead atoms. The van der Waals surface area contributed by atoms with Gasteiger partial charge in [0.15, 0.2) is 0 Å². The second-order valence-electron chi connectivity index (χ2n) is 10.3. The van der Waals surface area contributed by atoms with Gasteiger partial charge in [0.2, 0.25) is 0 Å². The number of rotatable bonds is 8. The normalized spacial score (nSPS) is 18.3. The van der Waals surface area contributed by atoms with Crippen molar-refractivity contribution < 1.29 is 13.9 Å². The molecule has 32 heavy (non-hydrogen) atoms. The van der Waals surface area contributed by atoms with Crippen molar-refractivity contribution in [2.75, 3.05) is 13.6 Å². The molecule has 0 heterocycles. The van der Waals surface area contributed by atoms with Crippen molar-refractivity contribution in [1.82, 2.24) is 10.6 Å². The molecule has 2 aromatic rings. The molecular formula is C27H38F2N2O. The first-order chi connectivity index (χ1) is 15.1. The fraction of sp³-hybridized carbons (Fsp3) is 0.556. The highest BCUT2D eigenvalue weighted by molar-refractivity contribution is 5.34. The number of hydrogen-bond acceptors (Lipinski definition) is 3. The van der Waals surface area contributed by atoms with Crippen LogP contribution in [0.4, 0.5) is 8.78 Å². The summed E-state index contributed by atoms with van der Waals surface area (Å²) in [5, 5.41) is 17.6. The summed E-state index contributed by atoms with van der Waals surface area (Å²) in [5.74, 6) is -1.21. The van der Waals surface area contributed by atoms with Gasteiger partial charge in [0.25, 0.3) is 0 Å². The molecule has 1 aliphatic carbocycles. The van der Waals surface area contributed by atoms with Crippen molar-refractivity contribution in [2.24, 2.45) is 0 Å². The summed E-state index contributed by atoms with van der Waals surface area (Å²) in [6, 6.07) is 12.0. The van der Waals surface area contributed by atoms with E-state index in [2.05, 4.69) is 55.7 Å². The first-order valence-corrected chi connectivity index (χ1v) is 11.8. The number of nitrogens with one attached hydrogen (secondary N) is 2. The molecule has 0 radical (unpaired) electrons. The molecule has 1 aliphatic rings. The first-order valence-electron chi connectivity index (χ1n) is 11.8. The van der Waals surface area contributed by atoms with Gasteiger partial charge in [0, 0.05) is 24.2 Å². The van der Waals surface area contributed by atoms with Crippen LogP contribution < -0.4 is 10.6 Å². The quantitative estimate of drug-likeness (QED) is 0.488. The SMILES string of the molecule is CNC(CC(O)CNC1(c2cccc(C(C)(C)C)c2)CCCCC1)c1cc(F)cc(F)c1. The molecule has 2 atom stereocenters. The molecule has 1 fully saturated rings. The smallest absolute Gasteiger partial charge is 0.126 e. The van der Waals surface area contributed by atoms with Gasteiger partial charge in [-0.1, -0.05) is 64.3 Å². The molecular weight excluding hydrogens is 406 g/mol. The highest BCUT2D eigenvalue weighted by Gasteiger charge is 2.34. The van der Waals surface area contributed by atoms with E-state index in [1.807, 2.05) is 0 Å². The molecule has 0 aliphatic heterocycles. The van der Waals surface area contributed by atoms with Crippen LogP contribution in [0.1, 0.15) is 82.0 Å². The summed E-state index contributed by atoms with van der Waals surface area (Å²) >= 11 is 0. The third kappa shape index (κ3) is 6.15. The Morgan fingerprint density at radius 3 is 2.25 bits per heavy atom. The fourth-order valence-electron chi connectivity index (χ4n) is 4.87. The van der Waals surface area contributed by atoms with Crippen LogP contribution in [-0.4, -0.2) is 24.8 Å². The van der Waals surface area contributed by atoms with E-state index in [4.69, 9.17) is 0 Å². The Labute approximate surface area is 191 Å². The zero-order chi connectivity index (χ0) is 23.4. The molecule has 176 valence electrons. The first kappa shape index (κ1) is 24.8. The van der Waals surface area contributed by atoms with Crippen molar-refractivity contribution in [3.05, 3.63) is 70.8 Å². The maximum Gasteiger partial charge on any atom is 0.126 e. The maximum absolute atomic E-state index is 13.7. The number of halogens is 2. The van der Waals surface area contributed by atoms with Crippen LogP contribution in [0, 0.1) is 11.6 Å². The average Bonchev–Trinajstić information content (AvgIpc) is 2.75. The summed E-state index contributed by atoms with van der Waals surface area (Å²) in [6.45, 7) is 7.10. The second kappa shape index (κ2) is 10.4. The number of aliphatic hydroxyl groups is 1. The van der Waals surface area contributed by atoms with Gasteiger partial charge in [-0.3, -0.25) is 0 Å². The van der Waals surface area contributed by atoms with E-state index < -0.39 is 17.7 Å². The largest absolute Gasteiger partial charge is 0.392 e. The fourth-order valence-corrected chi connectivity index (χ4v) is 4.87. The van der Waals surface area contributed by atoms with E-state index in [1.165, 1.54) is 29.7 Å². The summed E-state index contributed by atoms with van der Waals surface area (Å²) < 4.78 is 27.3. The van der Waals surface area contributed by atoms with Crippen LogP contribution in [0.3, 0.4) is 0 Å². The van der Waals surface area contributed by atoms with Gasteiger partial charge in [0.05, 0.1) is 6.10 Å². The van der Waals surface area contributed by atoms with Crippen molar-refractivity contribution in [2.45, 2.75) is 82.4 Å². The number of hydrogen-bond donors (Lipinski definition) is 3. The third-order valence-electron chi connectivity index (χ3n) is 6.81. The van der Waals surface area contributed by atoms with E-state index in [9.17, 15) is 13.9 Å². The molecule has 0 spiro atoms. The molecule has 3 rings (SSSR count). The second-order valence-corrected chi connectivity index (χ2v) is 10.3. The third-order valence-corrected chi connectivity index (χ3v) is 6.81. The Morgan fingerprint density at radius 1 is 1.00 bits per heavy atom. The van der Waals surface area contributed by atoms with Gasteiger partial charge in [-0.15, -0.1) is 0 Å². The lowest BCUT2D eigenvalue weighted by molar-refractivity contribution is 0.122. The van der Waals surface area contributed by atoms with Gasteiger partial charge in [0.1, 0.15) is 11.6 Å².